The van der Waals surface area contributed by atoms with Crippen LogP contribution in [-0.4, -0.2) is 24.0 Å². The number of oxazole rings is 1. The number of hydrogen-bond donors (Lipinski definition) is 1. The van der Waals surface area contributed by atoms with Crippen molar-refractivity contribution < 1.29 is 9.21 Å². The van der Waals surface area contributed by atoms with Gasteiger partial charge in [-0.1, -0.05) is 30.3 Å². The Morgan fingerprint density at radius 1 is 1.00 bits per heavy atom. The molecule has 2 aromatic carbocycles. The van der Waals surface area contributed by atoms with Crippen molar-refractivity contribution >= 4 is 17.3 Å². The largest absolute Gasteiger partial charge is 0.441 e. The molecular weight excluding hydrogens is 350 g/mol. The number of carbonyl (C=O) groups is 1. The van der Waals surface area contributed by atoms with Crippen molar-refractivity contribution in [3.63, 3.8) is 0 Å². The number of nitrogens with zero attached hydrogens (tertiary/aromatic N) is 2. The highest BCUT2D eigenvalue weighted by molar-refractivity contribution is 5.91. The normalized spacial score (nSPS) is 14.1. The molecule has 0 saturated carbocycles. The minimum absolute atomic E-state index is 0.0369. The first kappa shape index (κ1) is 18.3. The summed E-state index contributed by atoms with van der Waals surface area (Å²) in [6.45, 7) is 2.24. The first-order valence-corrected chi connectivity index (χ1v) is 9.93. The van der Waals surface area contributed by atoms with Crippen LogP contribution in [0.2, 0.25) is 0 Å². The molecule has 0 unspecified atom stereocenters. The van der Waals surface area contributed by atoms with Crippen LogP contribution in [0.15, 0.2) is 65.2 Å². The number of amides is 1. The lowest BCUT2D eigenvalue weighted by molar-refractivity contribution is -0.116. The SMILES string of the molecule is O=C(CCc1ncc(-c2ccccc2)o1)Nc1ccc(N2CCCCC2)cc1. The van der Waals surface area contributed by atoms with Gasteiger partial charge < -0.3 is 14.6 Å². The second-order valence-electron chi connectivity index (χ2n) is 7.13. The third-order valence-electron chi connectivity index (χ3n) is 5.05. The van der Waals surface area contributed by atoms with Crippen molar-refractivity contribution in [2.45, 2.75) is 32.1 Å². The Bertz CT molecular complexity index is 897. The summed E-state index contributed by atoms with van der Waals surface area (Å²) in [5.41, 5.74) is 3.04. The van der Waals surface area contributed by atoms with Gasteiger partial charge in [0.05, 0.1) is 6.20 Å². The summed E-state index contributed by atoms with van der Waals surface area (Å²) in [6, 6.07) is 18.0. The lowest BCUT2D eigenvalue weighted by Crippen LogP contribution is -2.29. The lowest BCUT2D eigenvalue weighted by Gasteiger charge is -2.28. The molecule has 1 amide bonds. The molecule has 1 N–H and O–H groups in total. The monoisotopic (exact) mass is 375 g/mol. The minimum atomic E-state index is -0.0369. The van der Waals surface area contributed by atoms with E-state index in [4.69, 9.17) is 4.42 Å². The third kappa shape index (κ3) is 4.60. The van der Waals surface area contributed by atoms with E-state index < -0.39 is 0 Å². The fraction of sp³-hybridized carbons (Fsp3) is 0.304. The number of anilines is 2. The van der Waals surface area contributed by atoms with Crippen molar-refractivity contribution in [1.29, 1.82) is 0 Å². The zero-order chi connectivity index (χ0) is 19.2. The highest BCUT2D eigenvalue weighted by Crippen LogP contribution is 2.22. The van der Waals surface area contributed by atoms with Gasteiger partial charge in [-0.2, -0.15) is 0 Å². The van der Waals surface area contributed by atoms with Crippen molar-refractivity contribution in [2.75, 3.05) is 23.3 Å². The molecular formula is C23H25N3O2. The molecule has 0 radical (unpaired) electrons. The summed E-state index contributed by atoms with van der Waals surface area (Å²) in [5.74, 6) is 1.27. The number of aromatic nitrogens is 1. The van der Waals surface area contributed by atoms with Gasteiger partial charge >= 0.3 is 0 Å². The number of piperidine rings is 1. The van der Waals surface area contributed by atoms with Crippen molar-refractivity contribution in [3.8, 4) is 11.3 Å². The zero-order valence-corrected chi connectivity index (χ0v) is 15.9. The molecule has 1 aliphatic heterocycles. The molecule has 2 heterocycles. The molecule has 0 aliphatic carbocycles. The van der Waals surface area contributed by atoms with Crippen molar-refractivity contribution in [3.05, 3.63) is 66.7 Å². The molecule has 1 aliphatic rings. The van der Waals surface area contributed by atoms with Gasteiger partial charge in [-0.25, -0.2) is 4.98 Å². The zero-order valence-electron chi connectivity index (χ0n) is 15.9. The Labute approximate surface area is 165 Å². The molecule has 1 saturated heterocycles. The van der Waals surface area contributed by atoms with Gasteiger partial charge in [0.25, 0.3) is 0 Å². The Balaban J connectivity index is 1.28. The van der Waals surface area contributed by atoms with Crippen LogP contribution in [0.5, 0.6) is 0 Å². The second kappa shape index (κ2) is 8.74. The van der Waals surface area contributed by atoms with Crippen molar-refractivity contribution in [1.82, 2.24) is 4.98 Å². The van der Waals surface area contributed by atoms with Crippen LogP contribution in [0, 0.1) is 0 Å². The van der Waals surface area contributed by atoms with Gasteiger partial charge in [0.1, 0.15) is 0 Å². The Morgan fingerprint density at radius 2 is 1.75 bits per heavy atom. The standard InChI is InChI=1S/C23H25N3O2/c27-22(13-14-23-24-17-21(28-23)18-7-3-1-4-8-18)25-19-9-11-20(12-10-19)26-15-5-2-6-16-26/h1,3-4,7-12,17H,2,5-6,13-16H2,(H,25,27). The van der Waals surface area contributed by atoms with Crippen LogP contribution in [0.1, 0.15) is 31.6 Å². The highest BCUT2D eigenvalue weighted by atomic mass is 16.4. The third-order valence-corrected chi connectivity index (χ3v) is 5.05. The summed E-state index contributed by atoms with van der Waals surface area (Å²) in [4.78, 5) is 18.9. The summed E-state index contributed by atoms with van der Waals surface area (Å²) in [7, 11) is 0. The van der Waals surface area contributed by atoms with E-state index in [0.29, 0.717) is 18.7 Å². The van der Waals surface area contributed by atoms with Crippen LogP contribution in [0.3, 0.4) is 0 Å². The quantitative estimate of drug-likeness (QED) is 0.665. The maximum Gasteiger partial charge on any atom is 0.224 e. The van der Waals surface area contributed by atoms with E-state index in [1.165, 1.54) is 24.9 Å². The van der Waals surface area contributed by atoms with E-state index in [2.05, 4.69) is 27.3 Å². The first-order chi connectivity index (χ1) is 13.8. The maximum atomic E-state index is 12.3. The van der Waals surface area contributed by atoms with Crippen LogP contribution in [-0.2, 0) is 11.2 Å². The lowest BCUT2D eigenvalue weighted by atomic mass is 10.1. The van der Waals surface area contributed by atoms with E-state index in [1.807, 2.05) is 42.5 Å². The van der Waals surface area contributed by atoms with E-state index in [9.17, 15) is 4.79 Å². The number of carbonyl (C=O) groups excluding carboxylic acids is 1. The van der Waals surface area contributed by atoms with E-state index in [-0.39, 0.29) is 5.91 Å². The van der Waals surface area contributed by atoms with Crippen LogP contribution >= 0.6 is 0 Å². The average Bonchev–Trinajstić information content (AvgIpc) is 3.23. The van der Waals surface area contributed by atoms with Gasteiger partial charge in [-0.3, -0.25) is 4.79 Å². The van der Waals surface area contributed by atoms with Crippen LogP contribution in [0.4, 0.5) is 11.4 Å². The van der Waals surface area contributed by atoms with E-state index >= 15 is 0 Å². The molecule has 144 valence electrons. The summed E-state index contributed by atoms with van der Waals surface area (Å²) in [5, 5.41) is 2.95. The molecule has 1 fully saturated rings. The first-order valence-electron chi connectivity index (χ1n) is 9.93. The number of hydrogen-bond acceptors (Lipinski definition) is 4. The predicted molar refractivity (Wildman–Crippen MR) is 111 cm³/mol. The van der Waals surface area contributed by atoms with Gasteiger partial charge in [-0.15, -0.1) is 0 Å². The summed E-state index contributed by atoms with van der Waals surface area (Å²) < 4.78 is 5.76. The number of rotatable bonds is 6. The fourth-order valence-electron chi connectivity index (χ4n) is 3.51. The minimum Gasteiger partial charge on any atom is -0.441 e. The van der Waals surface area contributed by atoms with Crippen molar-refractivity contribution in [2.24, 2.45) is 0 Å². The molecule has 28 heavy (non-hydrogen) atoms. The predicted octanol–water partition coefficient (Wildman–Crippen LogP) is 4.90. The molecule has 3 aromatic rings. The average molecular weight is 375 g/mol. The van der Waals surface area contributed by atoms with Gasteiger partial charge in [0.15, 0.2) is 11.7 Å². The van der Waals surface area contributed by atoms with Crippen LogP contribution in [0.25, 0.3) is 11.3 Å². The number of aryl methyl sites for hydroxylation is 1. The number of benzene rings is 2. The summed E-state index contributed by atoms with van der Waals surface area (Å²) in [6.07, 6.45) is 6.35. The van der Waals surface area contributed by atoms with E-state index in [0.717, 1.165) is 30.1 Å². The molecule has 5 nitrogen and oxygen atoms in total. The molecule has 0 bridgehead atoms. The van der Waals surface area contributed by atoms with Gasteiger partial charge in [0, 0.05) is 42.9 Å². The second-order valence-corrected chi connectivity index (χ2v) is 7.13. The number of nitrogens with one attached hydrogen (secondary N) is 1. The summed E-state index contributed by atoms with van der Waals surface area (Å²) >= 11 is 0. The maximum absolute atomic E-state index is 12.3. The Morgan fingerprint density at radius 3 is 2.50 bits per heavy atom. The molecule has 5 heteroatoms. The Hall–Kier alpha value is -3.08. The van der Waals surface area contributed by atoms with Crippen LogP contribution < -0.4 is 10.2 Å². The molecule has 1 aromatic heterocycles. The van der Waals surface area contributed by atoms with Gasteiger partial charge in [0.2, 0.25) is 5.91 Å². The molecule has 4 rings (SSSR count). The Kier molecular flexibility index (Phi) is 5.71. The smallest absolute Gasteiger partial charge is 0.224 e. The van der Waals surface area contributed by atoms with Gasteiger partial charge in [-0.05, 0) is 43.5 Å². The topological polar surface area (TPSA) is 58.4 Å². The van der Waals surface area contributed by atoms with E-state index in [1.54, 1.807) is 6.20 Å². The fourth-order valence-corrected chi connectivity index (χ4v) is 3.51. The molecule has 0 atom stereocenters. The highest BCUT2D eigenvalue weighted by Gasteiger charge is 2.12. The molecule has 0 spiro atoms.